The number of para-hydroxylation sites is 1. The Morgan fingerprint density at radius 2 is 2.06 bits per heavy atom. The van der Waals surface area contributed by atoms with Crippen molar-refractivity contribution in [1.29, 1.82) is 0 Å². The van der Waals surface area contributed by atoms with Crippen molar-refractivity contribution >= 4 is 0 Å². The molecule has 2 aromatic rings. The van der Waals surface area contributed by atoms with Crippen molar-refractivity contribution in [3.8, 4) is 5.69 Å². The molecule has 1 aromatic heterocycles. The Hall–Kier alpha value is -1.68. The minimum atomic E-state index is -0.242. The number of benzene rings is 1. The number of aromatic nitrogens is 3. The molecule has 1 aromatic carbocycles. The number of rotatable bonds is 5. The summed E-state index contributed by atoms with van der Waals surface area (Å²) in [5, 5.41) is 17.6. The van der Waals surface area contributed by atoms with E-state index in [4.69, 9.17) is 0 Å². The summed E-state index contributed by atoms with van der Waals surface area (Å²) in [4.78, 5) is 0. The van der Waals surface area contributed by atoms with Gasteiger partial charge in [0, 0.05) is 0 Å². The lowest BCUT2D eigenvalue weighted by Crippen LogP contribution is -2.09. The van der Waals surface area contributed by atoms with Crippen LogP contribution in [0.15, 0.2) is 36.5 Å². The first-order valence-electron chi connectivity index (χ1n) is 5.94. The predicted octanol–water partition coefficient (Wildman–Crippen LogP) is 1.97. The van der Waals surface area contributed by atoms with E-state index in [1.54, 1.807) is 6.20 Å². The van der Waals surface area contributed by atoms with Crippen LogP contribution in [0.5, 0.6) is 0 Å². The molecular formula is C13H17N3O. The molecule has 0 bridgehead atoms. The van der Waals surface area contributed by atoms with Gasteiger partial charge in [0.2, 0.25) is 0 Å². The van der Waals surface area contributed by atoms with E-state index in [1.807, 2.05) is 41.9 Å². The number of aliphatic hydroxyl groups excluding tert-OH is 1. The molecule has 0 radical (unpaired) electrons. The summed E-state index contributed by atoms with van der Waals surface area (Å²) < 4.78 is 1.82. The van der Waals surface area contributed by atoms with Crippen molar-refractivity contribution in [2.24, 2.45) is 0 Å². The van der Waals surface area contributed by atoms with Crippen LogP contribution >= 0.6 is 0 Å². The maximum Gasteiger partial charge on any atom is 0.0729 e. The van der Waals surface area contributed by atoms with E-state index in [2.05, 4.69) is 10.3 Å². The quantitative estimate of drug-likeness (QED) is 0.856. The number of aliphatic hydroxyl groups is 1. The summed E-state index contributed by atoms with van der Waals surface area (Å²) in [6.07, 6.45) is 3.84. The standard InChI is InChI=1S/C13H17N3O/c1-2-13(17)9-8-12-10-14-15-16(12)11-6-4-3-5-7-11/h3-7,10,13,17H,2,8-9H2,1H3. The molecule has 0 aliphatic heterocycles. The van der Waals surface area contributed by atoms with E-state index in [0.717, 1.165) is 30.6 Å². The molecule has 0 aliphatic rings. The topological polar surface area (TPSA) is 50.9 Å². The van der Waals surface area contributed by atoms with Gasteiger partial charge in [0.15, 0.2) is 0 Å². The van der Waals surface area contributed by atoms with Crippen LogP contribution in [0.3, 0.4) is 0 Å². The molecule has 0 spiro atoms. The summed E-state index contributed by atoms with van der Waals surface area (Å²) in [6, 6.07) is 9.91. The Morgan fingerprint density at radius 1 is 1.29 bits per heavy atom. The average molecular weight is 231 g/mol. The van der Waals surface area contributed by atoms with Crippen molar-refractivity contribution in [3.63, 3.8) is 0 Å². The zero-order valence-electron chi connectivity index (χ0n) is 9.95. The van der Waals surface area contributed by atoms with Gasteiger partial charge >= 0.3 is 0 Å². The number of hydrogen-bond acceptors (Lipinski definition) is 3. The van der Waals surface area contributed by atoms with Gasteiger partial charge in [-0.3, -0.25) is 0 Å². The van der Waals surface area contributed by atoms with Gasteiger partial charge in [-0.25, -0.2) is 4.68 Å². The largest absolute Gasteiger partial charge is 0.393 e. The minimum Gasteiger partial charge on any atom is -0.393 e. The van der Waals surface area contributed by atoms with E-state index in [-0.39, 0.29) is 6.10 Å². The van der Waals surface area contributed by atoms with Crippen LogP contribution < -0.4 is 0 Å². The Kier molecular flexibility index (Phi) is 3.88. The normalized spacial score (nSPS) is 12.6. The lowest BCUT2D eigenvalue weighted by atomic mass is 10.1. The van der Waals surface area contributed by atoms with Crippen LogP contribution in [0, 0.1) is 0 Å². The summed E-state index contributed by atoms with van der Waals surface area (Å²) in [7, 11) is 0. The third-order valence-electron chi connectivity index (χ3n) is 2.83. The monoisotopic (exact) mass is 231 g/mol. The fraction of sp³-hybridized carbons (Fsp3) is 0.385. The van der Waals surface area contributed by atoms with Crippen LogP contribution in [0.2, 0.25) is 0 Å². The van der Waals surface area contributed by atoms with Gasteiger partial charge in [-0.15, -0.1) is 5.10 Å². The molecule has 2 rings (SSSR count). The molecule has 1 atom stereocenters. The van der Waals surface area contributed by atoms with E-state index >= 15 is 0 Å². The fourth-order valence-corrected chi connectivity index (χ4v) is 1.73. The highest BCUT2D eigenvalue weighted by Gasteiger charge is 2.08. The molecule has 4 nitrogen and oxygen atoms in total. The number of nitrogens with zero attached hydrogens (tertiary/aromatic N) is 3. The van der Waals surface area contributed by atoms with Crippen LogP contribution in [0.4, 0.5) is 0 Å². The van der Waals surface area contributed by atoms with Crippen LogP contribution in [-0.4, -0.2) is 26.2 Å². The number of aryl methyl sites for hydroxylation is 1. The zero-order valence-corrected chi connectivity index (χ0v) is 9.95. The van der Waals surface area contributed by atoms with E-state index < -0.39 is 0 Å². The van der Waals surface area contributed by atoms with Crippen molar-refractivity contribution in [1.82, 2.24) is 15.0 Å². The van der Waals surface area contributed by atoms with Crippen LogP contribution in [-0.2, 0) is 6.42 Å². The van der Waals surface area contributed by atoms with Gasteiger partial charge in [0.1, 0.15) is 0 Å². The maximum atomic E-state index is 9.57. The van der Waals surface area contributed by atoms with Crippen LogP contribution in [0.25, 0.3) is 5.69 Å². The maximum absolute atomic E-state index is 9.57. The molecule has 4 heteroatoms. The molecule has 0 fully saturated rings. The molecule has 0 aliphatic carbocycles. The smallest absolute Gasteiger partial charge is 0.0729 e. The first kappa shape index (κ1) is 11.8. The first-order chi connectivity index (χ1) is 8.31. The van der Waals surface area contributed by atoms with Gasteiger partial charge < -0.3 is 5.11 Å². The molecule has 0 saturated heterocycles. The molecule has 0 saturated carbocycles. The molecule has 1 N–H and O–H groups in total. The highest BCUT2D eigenvalue weighted by Crippen LogP contribution is 2.11. The molecule has 17 heavy (non-hydrogen) atoms. The minimum absolute atomic E-state index is 0.242. The molecule has 0 amide bonds. The second-order valence-electron chi connectivity index (χ2n) is 4.07. The van der Waals surface area contributed by atoms with Crippen molar-refractivity contribution in [2.75, 3.05) is 0 Å². The zero-order chi connectivity index (χ0) is 12.1. The van der Waals surface area contributed by atoms with E-state index in [0.29, 0.717) is 0 Å². The molecular weight excluding hydrogens is 214 g/mol. The SMILES string of the molecule is CCC(O)CCc1cnnn1-c1ccccc1. The number of hydrogen-bond donors (Lipinski definition) is 1. The molecule has 1 unspecified atom stereocenters. The lowest BCUT2D eigenvalue weighted by molar-refractivity contribution is 0.160. The van der Waals surface area contributed by atoms with E-state index in [9.17, 15) is 5.11 Å². The van der Waals surface area contributed by atoms with Gasteiger partial charge in [-0.05, 0) is 31.4 Å². The Bertz CT molecular complexity index is 453. The van der Waals surface area contributed by atoms with Crippen molar-refractivity contribution in [2.45, 2.75) is 32.3 Å². The fourth-order valence-electron chi connectivity index (χ4n) is 1.73. The average Bonchev–Trinajstić information content (AvgIpc) is 2.85. The van der Waals surface area contributed by atoms with Crippen LogP contribution in [0.1, 0.15) is 25.5 Å². The third-order valence-corrected chi connectivity index (χ3v) is 2.83. The highest BCUT2D eigenvalue weighted by atomic mass is 16.3. The van der Waals surface area contributed by atoms with Gasteiger partial charge in [-0.2, -0.15) is 0 Å². The molecule has 90 valence electrons. The third kappa shape index (κ3) is 2.91. The summed E-state index contributed by atoms with van der Waals surface area (Å²) in [6.45, 7) is 1.98. The first-order valence-corrected chi connectivity index (χ1v) is 5.94. The summed E-state index contributed by atoms with van der Waals surface area (Å²) in [5.74, 6) is 0. The predicted molar refractivity (Wildman–Crippen MR) is 66.0 cm³/mol. The highest BCUT2D eigenvalue weighted by molar-refractivity contribution is 5.31. The van der Waals surface area contributed by atoms with Gasteiger partial charge in [0.25, 0.3) is 0 Å². The van der Waals surface area contributed by atoms with Gasteiger partial charge in [-0.1, -0.05) is 30.3 Å². The van der Waals surface area contributed by atoms with Gasteiger partial charge in [0.05, 0.1) is 23.7 Å². The Balaban J connectivity index is 2.12. The van der Waals surface area contributed by atoms with Crippen molar-refractivity contribution < 1.29 is 5.11 Å². The summed E-state index contributed by atoms with van der Waals surface area (Å²) in [5.41, 5.74) is 2.04. The molecule has 1 heterocycles. The Labute approximate surface area is 101 Å². The van der Waals surface area contributed by atoms with E-state index in [1.165, 1.54) is 0 Å². The van der Waals surface area contributed by atoms with Crippen molar-refractivity contribution in [3.05, 3.63) is 42.2 Å². The second kappa shape index (κ2) is 5.59. The lowest BCUT2D eigenvalue weighted by Gasteiger charge is -2.08. The second-order valence-corrected chi connectivity index (χ2v) is 4.07. The Morgan fingerprint density at radius 3 is 2.76 bits per heavy atom. The summed E-state index contributed by atoms with van der Waals surface area (Å²) >= 11 is 0.